The van der Waals surface area contributed by atoms with E-state index in [1.165, 1.54) is 0 Å². The van der Waals surface area contributed by atoms with E-state index in [1.807, 2.05) is 91.0 Å². The highest BCUT2D eigenvalue weighted by Gasteiger charge is 2.29. The summed E-state index contributed by atoms with van der Waals surface area (Å²) in [6, 6.07) is 24.2. The standard InChI is InChI=1S/C18H18N2O4.C18H21NO4/c19-17(22)16(9-21)20-18(23)24-10-15-13-7-3-1-5-11(13)12-6-2-4-8-14(12)15;1-20-15-8-7-12(9-14(15)19)5-6-13-10-16(21-2)18(23-4)17(11-13)22-3/h1-8,15-16,21H,9-10H2,(H2,19,22)(H,20,23);5-11H,19H2,1-4H3/t16-;/m0./s1. The summed E-state index contributed by atoms with van der Waals surface area (Å²) in [4.78, 5) is 22.9. The summed E-state index contributed by atoms with van der Waals surface area (Å²) >= 11 is 0. The van der Waals surface area contributed by atoms with Crippen LogP contribution in [0.2, 0.25) is 0 Å². The predicted octanol–water partition coefficient (Wildman–Crippen LogP) is 4.84. The Bertz CT molecular complexity index is 1670. The van der Waals surface area contributed by atoms with Crippen LogP contribution in [0.5, 0.6) is 23.0 Å². The van der Waals surface area contributed by atoms with Gasteiger partial charge in [0.05, 0.1) is 40.7 Å². The Labute approximate surface area is 273 Å². The Morgan fingerprint density at radius 3 is 1.83 bits per heavy atom. The van der Waals surface area contributed by atoms with E-state index in [0.717, 1.165) is 33.4 Å². The Morgan fingerprint density at radius 1 is 0.787 bits per heavy atom. The number of ether oxygens (including phenoxy) is 5. The fourth-order valence-electron chi connectivity index (χ4n) is 5.24. The van der Waals surface area contributed by atoms with Crippen molar-refractivity contribution < 1.29 is 38.4 Å². The molecule has 47 heavy (non-hydrogen) atoms. The van der Waals surface area contributed by atoms with E-state index in [4.69, 9.17) is 40.3 Å². The zero-order valence-corrected chi connectivity index (χ0v) is 26.7. The van der Waals surface area contributed by atoms with Crippen molar-refractivity contribution in [1.82, 2.24) is 5.32 Å². The first-order valence-corrected chi connectivity index (χ1v) is 14.7. The zero-order valence-electron chi connectivity index (χ0n) is 26.7. The molecule has 0 aromatic heterocycles. The number of benzene rings is 4. The van der Waals surface area contributed by atoms with Crippen LogP contribution in [0.3, 0.4) is 0 Å². The maximum Gasteiger partial charge on any atom is 0.407 e. The molecule has 6 N–H and O–H groups in total. The molecule has 0 aliphatic heterocycles. The number of hydrogen-bond acceptors (Lipinski definition) is 9. The quantitative estimate of drug-likeness (QED) is 0.132. The molecule has 1 aliphatic carbocycles. The number of aliphatic hydroxyl groups is 1. The van der Waals surface area contributed by atoms with Crippen LogP contribution in [0.1, 0.15) is 28.2 Å². The SMILES string of the molecule is COc1ccc(C=Cc2cc(OC)c(OC)c(OC)c2)cc1N.NC(=O)[C@H](CO)NC(=O)OCC1c2ccccc2-c2ccccc21. The number of nitrogens with one attached hydrogen (secondary N) is 1. The number of fused-ring (bicyclic) bond motifs is 3. The Morgan fingerprint density at radius 2 is 1.34 bits per heavy atom. The zero-order chi connectivity index (χ0) is 33.9. The molecule has 0 unspecified atom stereocenters. The number of amides is 2. The molecular formula is C36H39N3O8. The maximum absolute atomic E-state index is 11.8. The van der Waals surface area contributed by atoms with E-state index < -0.39 is 24.6 Å². The number of primary amides is 1. The van der Waals surface area contributed by atoms with Crippen molar-refractivity contribution in [2.75, 3.05) is 47.4 Å². The third-order valence-corrected chi connectivity index (χ3v) is 7.57. The van der Waals surface area contributed by atoms with Crippen LogP contribution < -0.4 is 35.7 Å². The highest BCUT2D eigenvalue weighted by Crippen LogP contribution is 2.44. The van der Waals surface area contributed by atoms with Crippen molar-refractivity contribution in [3.63, 3.8) is 0 Å². The van der Waals surface area contributed by atoms with Crippen molar-refractivity contribution in [3.05, 3.63) is 101 Å². The van der Waals surface area contributed by atoms with Crippen molar-refractivity contribution in [2.24, 2.45) is 5.73 Å². The highest BCUT2D eigenvalue weighted by atomic mass is 16.5. The molecule has 246 valence electrons. The minimum Gasteiger partial charge on any atom is -0.495 e. The van der Waals surface area contributed by atoms with Gasteiger partial charge in [0, 0.05) is 5.92 Å². The molecule has 1 atom stereocenters. The second-order valence-corrected chi connectivity index (χ2v) is 10.4. The summed E-state index contributed by atoms with van der Waals surface area (Å²) in [7, 11) is 6.36. The predicted molar refractivity (Wildman–Crippen MR) is 181 cm³/mol. The number of alkyl carbamates (subject to hydrolysis) is 1. The van der Waals surface area contributed by atoms with Crippen LogP contribution in [0.4, 0.5) is 10.5 Å². The molecule has 0 bridgehead atoms. The van der Waals surface area contributed by atoms with Crippen molar-refractivity contribution in [1.29, 1.82) is 0 Å². The first kappa shape index (κ1) is 34.2. The lowest BCUT2D eigenvalue weighted by Crippen LogP contribution is -2.47. The van der Waals surface area contributed by atoms with Gasteiger partial charge in [0.1, 0.15) is 18.4 Å². The molecule has 1 aliphatic rings. The minimum absolute atomic E-state index is 0.0655. The number of hydrogen-bond donors (Lipinski definition) is 4. The first-order chi connectivity index (χ1) is 22.7. The van der Waals surface area contributed by atoms with Gasteiger partial charge in [-0.3, -0.25) is 4.79 Å². The third kappa shape index (κ3) is 8.13. The summed E-state index contributed by atoms with van der Waals surface area (Å²) in [5.41, 5.74) is 17.9. The number of aliphatic hydroxyl groups excluding tert-OH is 1. The molecule has 11 nitrogen and oxygen atoms in total. The maximum atomic E-state index is 11.8. The van der Waals surface area contributed by atoms with E-state index in [2.05, 4.69) is 5.32 Å². The lowest BCUT2D eigenvalue weighted by atomic mass is 9.98. The van der Waals surface area contributed by atoms with Gasteiger partial charge in [0.2, 0.25) is 11.7 Å². The third-order valence-electron chi connectivity index (χ3n) is 7.57. The molecule has 0 saturated heterocycles. The molecule has 2 amide bonds. The summed E-state index contributed by atoms with van der Waals surface area (Å²) in [5, 5.41) is 11.3. The minimum atomic E-state index is -1.15. The van der Waals surface area contributed by atoms with Crippen molar-refractivity contribution in [3.8, 4) is 34.1 Å². The summed E-state index contributed by atoms with van der Waals surface area (Å²) in [5.74, 6) is 1.58. The van der Waals surface area contributed by atoms with Gasteiger partial charge in [-0.15, -0.1) is 0 Å². The largest absolute Gasteiger partial charge is 0.495 e. The molecule has 0 radical (unpaired) electrons. The fraction of sp³-hybridized carbons (Fsp3) is 0.222. The van der Waals surface area contributed by atoms with Gasteiger partial charge in [-0.25, -0.2) is 4.79 Å². The van der Waals surface area contributed by atoms with Crippen molar-refractivity contribution in [2.45, 2.75) is 12.0 Å². The Kier molecular flexibility index (Phi) is 11.7. The van der Waals surface area contributed by atoms with Gasteiger partial charge in [-0.1, -0.05) is 66.7 Å². The van der Waals surface area contributed by atoms with Crippen LogP contribution >= 0.6 is 0 Å². The van der Waals surface area contributed by atoms with Gasteiger partial charge in [-0.2, -0.15) is 0 Å². The average molecular weight is 642 g/mol. The lowest BCUT2D eigenvalue weighted by Gasteiger charge is -2.16. The van der Waals surface area contributed by atoms with Crippen LogP contribution in [0, 0.1) is 0 Å². The molecule has 4 aromatic carbocycles. The van der Waals surface area contributed by atoms with Crippen molar-refractivity contribution >= 4 is 29.8 Å². The number of nitrogens with two attached hydrogens (primary N) is 2. The van der Waals surface area contributed by atoms with Crippen LogP contribution in [0.15, 0.2) is 78.9 Å². The van der Waals surface area contributed by atoms with Gasteiger partial charge in [0.15, 0.2) is 11.5 Å². The lowest BCUT2D eigenvalue weighted by molar-refractivity contribution is -0.120. The van der Waals surface area contributed by atoms with E-state index >= 15 is 0 Å². The molecule has 5 rings (SSSR count). The molecule has 0 spiro atoms. The Hall–Kier alpha value is -5.68. The van der Waals surface area contributed by atoms with Gasteiger partial charge in [-0.05, 0) is 57.6 Å². The van der Waals surface area contributed by atoms with Crippen LogP contribution in [0.25, 0.3) is 23.3 Å². The fourth-order valence-corrected chi connectivity index (χ4v) is 5.24. The van der Waals surface area contributed by atoms with Gasteiger partial charge < -0.3 is 45.6 Å². The van der Waals surface area contributed by atoms with E-state index in [0.29, 0.717) is 28.7 Å². The number of methoxy groups -OCH3 is 4. The van der Waals surface area contributed by atoms with E-state index in [-0.39, 0.29) is 12.5 Å². The molecule has 0 heterocycles. The highest BCUT2D eigenvalue weighted by molar-refractivity contribution is 5.84. The normalized spacial score (nSPS) is 12.2. The number of carbonyl (C=O) groups is 2. The topological polar surface area (TPSA) is 165 Å². The Balaban J connectivity index is 0.000000213. The van der Waals surface area contributed by atoms with E-state index in [1.54, 1.807) is 28.4 Å². The molecule has 11 heteroatoms. The van der Waals surface area contributed by atoms with E-state index in [9.17, 15) is 9.59 Å². The van der Waals surface area contributed by atoms with Gasteiger partial charge >= 0.3 is 6.09 Å². The number of carbonyl (C=O) groups excluding carboxylic acids is 2. The molecular weight excluding hydrogens is 602 g/mol. The molecule has 4 aromatic rings. The van der Waals surface area contributed by atoms with Gasteiger partial charge in [0.25, 0.3) is 0 Å². The summed E-state index contributed by atoms with van der Waals surface area (Å²) < 4.78 is 26.4. The second kappa shape index (κ2) is 16.1. The molecule has 0 saturated carbocycles. The monoisotopic (exact) mass is 641 g/mol. The summed E-state index contributed by atoms with van der Waals surface area (Å²) in [6.45, 7) is -0.434. The second-order valence-electron chi connectivity index (χ2n) is 10.4. The first-order valence-electron chi connectivity index (χ1n) is 14.7. The number of anilines is 1. The summed E-state index contributed by atoms with van der Waals surface area (Å²) in [6.07, 6.45) is 3.12. The molecule has 0 fully saturated rings. The van der Waals surface area contributed by atoms with Crippen LogP contribution in [-0.4, -0.2) is 64.8 Å². The number of nitrogen functional groups attached to an aromatic ring is 1. The number of rotatable bonds is 11. The smallest absolute Gasteiger partial charge is 0.407 e. The van der Waals surface area contributed by atoms with Crippen LogP contribution in [-0.2, 0) is 9.53 Å². The average Bonchev–Trinajstić information content (AvgIpc) is 3.41.